The van der Waals surface area contributed by atoms with Gasteiger partial charge in [0.05, 0.1) is 17.1 Å². The number of sulfonamides is 1. The number of hydrogen-bond acceptors (Lipinski definition) is 3. The first-order chi connectivity index (χ1) is 11.9. The lowest BCUT2D eigenvalue weighted by Gasteiger charge is -2.23. The van der Waals surface area contributed by atoms with Gasteiger partial charge in [0.25, 0.3) is 10.0 Å². The van der Waals surface area contributed by atoms with Gasteiger partial charge in [0, 0.05) is 19.2 Å². The first kappa shape index (κ1) is 17.2. The van der Waals surface area contributed by atoms with Crippen molar-refractivity contribution in [1.29, 1.82) is 0 Å². The van der Waals surface area contributed by atoms with Crippen molar-refractivity contribution >= 4 is 27.3 Å². The van der Waals surface area contributed by atoms with Crippen molar-refractivity contribution in [3.8, 4) is 0 Å². The Labute approximate surface area is 148 Å². The molecule has 3 rings (SSSR count). The smallest absolute Gasteiger partial charge is 0.264 e. The van der Waals surface area contributed by atoms with E-state index in [1.165, 1.54) is 11.2 Å². The van der Waals surface area contributed by atoms with Crippen molar-refractivity contribution in [2.75, 3.05) is 22.3 Å². The van der Waals surface area contributed by atoms with Gasteiger partial charge in [0.1, 0.15) is 0 Å². The van der Waals surface area contributed by atoms with Gasteiger partial charge in [0.2, 0.25) is 5.91 Å². The highest BCUT2D eigenvalue weighted by Crippen LogP contribution is 2.32. The molecule has 0 atom stereocenters. The second-order valence-corrected chi connectivity index (χ2v) is 7.73. The first-order valence-corrected chi connectivity index (χ1v) is 9.49. The maximum absolute atomic E-state index is 13.1. The molecular weight excluding hydrogens is 336 g/mol. The molecule has 130 valence electrons. The maximum atomic E-state index is 13.1. The van der Waals surface area contributed by atoms with E-state index in [0.29, 0.717) is 18.7 Å². The number of amides is 1. The Hall–Kier alpha value is -2.60. The summed E-state index contributed by atoms with van der Waals surface area (Å²) in [4.78, 5) is 13.6. The Morgan fingerprint density at radius 3 is 2.60 bits per heavy atom. The van der Waals surface area contributed by atoms with Crippen LogP contribution in [-0.4, -0.2) is 27.4 Å². The fourth-order valence-electron chi connectivity index (χ4n) is 3.05. The fraction of sp³-hybridized carbons (Fsp3) is 0.211. The van der Waals surface area contributed by atoms with E-state index in [0.717, 1.165) is 11.3 Å². The van der Waals surface area contributed by atoms with Crippen molar-refractivity contribution in [2.24, 2.45) is 0 Å². The van der Waals surface area contributed by atoms with Gasteiger partial charge in [-0.15, -0.1) is 6.58 Å². The van der Waals surface area contributed by atoms with Crippen molar-refractivity contribution in [2.45, 2.75) is 18.2 Å². The number of nitrogens with zero attached hydrogens (tertiary/aromatic N) is 2. The number of carbonyl (C=O) groups is 1. The summed E-state index contributed by atoms with van der Waals surface area (Å²) in [6, 6.07) is 13.9. The van der Waals surface area contributed by atoms with Crippen LogP contribution in [0.15, 0.2) is 66.1 Å². The number of rotatable bonds is 5. The molecule has 1 amide bonds. The molecule has 0 bridgehead atoms. The molecule has 0 aromatic heterocycles. The average molecular weight is 356 g/mol. The minimum atomic E-state index is -3.72. The molecule has 0 fully saturated rings. The third-order valence-corrected chi connectivity index (χ3v) is 6.04. The summed E-state index contributed by atoms with van der Waals surface area (Å²) in [5.74, 6) is -0.0353. The predicted molar refractivity (Wildman–Crippen MR) is 99.3 cm³/mol. The van der Waals surface area contributed by atoms with Crippen LogP contribution in [0.4, 0.5) is 11.4 Å². The molecule has 2 aromatic carbocycles. The lowest BCUT2D eigenvalue weighted by Crippen LogP contribution is -2.31. The lowest BCUT2D eigenvalue weighted by atomic mass is 10.2. The summed E-state index contributed by atoms with van der Waals surface area (Å²) >= 11 is 0. The second-order valence-electron chi connectivity index (χ2n) is 5.87. The van der Waals surface area contributed by atoms with E-state index in [9.17, 15) is 13.2 Å². The highest BCUT2D eigenvalue weighted by molar-refractivity contribution is 7.92. The van der Waals surface area contributed by atoms with Crippen molar-refractivity contribution in [1.82, 2.24) is 0 Å². The van der Waals surface area contributed by atoms with Gasteiger partial charge in [0.15, 0.2) is 0 Å². The predicted octanol–water partition coefficient (Wildman–Crippen LogP) is 2.98. The number of benzene rings is 2. The number of hydrogen-bond donors (Lipinski definition) is 0. The second kappa shape index (κ2) is 6.72. The summed E-state index contributed by atoms with van der Waals surface area (Å²) in [7, 11) is -3.72. The molecule has 25 heavy (non-hydrogen) atoms. The number of fused-ring (bicyclic) bond motifs is 1. The molecule has 5 nitrogen and oxygen atoms in total. The molecule has 6 heteroatoms. The van der Waals surface area contributed by atoms with E-state index in [1.54, 1.807) is 53.4 Å². The summed E-state index contributed by atoms with van der Waals surface area (Å²) in [6.07, 6.45) is 2.22. The fourth-order valence-corrected chi connectivity index (χ4v) is 4.53. The zero-order chi connectivity index (χ0) is 18.0. The van der Waals surface area contributed by atoms with Crippen LogP contribution in [0.3, 0.4) is 0 Å². The SMILES string of the molecule is C=CCN(c1ccccc1)S(=O)(=O)c1ccc2c(c1)CCN2C(C)=O. The van der Waals surface area contributed by atoms with E-state index in [1.807, 2.05) is 6.07 Å². The standard InChI is InChI=1S/C19H20N2O3S/c1-3-12-21(17-7-5-4-6-8-17)25(23,24)18-9-10-19-16(14-18)11-13-20(19)15(2)22/h3-10,14H,1,11-13H2,2H3. The Balaban J connectivity index is 2.02. The van der Waals surface area contributed by atoms with Gasteiger partial charge in [-0.05, 0) is 42.3 Å². The minimum absolute atomic E-state index is 0.0353. The molecule has 0 unspecified atom stereocenters. The van der Waals surface area contributed by atoms with Crippen LogP contribution in [0.2, 0.25) is 0 Å². The van der Waals surface area contributed by atoms with E-state index < -0.39 is 10.0 Å². The van der Waals surface area contributed by atoms with Gasteiger partial charge in [-0.25, -0.2) is 8.42 Å². The molecule has 0 N–H and O–H groups in total. The number of carbonyl (C=O) groups excluding carboxylic acids is 1. The lowest BCUT2D eigenvalue weighted by molar-refractivity contribution is -0.116. The summed E-state index contributed by atoms with van der Waals surface area (Å²) in [6.45, 7) is 5.96. The van der Waals surface area contributed by atoms with E-state index in [2.05, 4.69) is 6.58 Å². The van der Waals surface area contributed by atoms with E-state index in [-0.39, 0.29) is 17.3 Å². The molecule has 1 aliphatic rings. The zero-order valence-corrected chi connectivity index (χ0v) is 14.9. The zero-order valence-electron chi connectivity index (χ0n) is 14.1. The average Bonchev–Trinajstić information content (AvgIpc) is 3.03. The van der Waals surface area contributed by atoms with Crippen LogP contribution < -0.4 is 9.21 Å². The van der Waals surface area contributed by atoms with Gasteiger partial charge in [-0.1, -0.05) is 24.3 Å². The van der Waals surface area contributed by atoms with Crippen LogP contribution in [0.5, 0.6) is 0 Å². The van der Waals surface area contributed by atoms with Gasteiger partial charge < -0.3 is 4.90 Å². The first-order valence-electron chi connectivity index (χ1n) is 8.05. The normalized spacial score (nSPS) is 13.4. The summed E-state index contributed by atoms with van der Waals surface area (Å²) in [5, 5.41) is 0. The third kappa shape index (κ3) is 3.17. The Morgan fingerprint density at radius 2 is 1.96 bits per heavy atom. The maximum Gasteiger partial charge on any atom is 0.264 e. The van der Waals surface area contributed by atoms with Crippen LogP contribution in [0.1, 0.15) is 12.5 Å². The highest BCUT2D eigenvalue weighted by atomic mass is 32.2. The molecule has 0 spiro atoms. The Kier molecular flexibility index (Phi) is 4.63. The van der Waals surface area contributed by atoms with Crippen LogP contribution in [0.25, 0.3) is 0 Å². The topological polar surface area (TPSA) is 57.7 Å². The molecular formula is C19H20N2O3S. The van der Waals surface area contributed by atoms with E-state index in [4.69, 9.17) is 0 Å². The summed E-state index contributed by atoms with van der Waals surface area (Å²) in [5.41, 5.74) is 2.26. The third-order valence-electron chi connectivity index (χ3n) is 4.25. The Morgan fingerprint density at radius 1 is 1.24 bits per heavy atom. The Bertz CT molecular complexity index is 908. The molecule has 0 aliphatic carbocycles. The van der Waals surface area contributed by atoms with Crippen molar-refractivity contribution in [3.63, 3.8) is 0 Å². The molecule has 1 aliphatic heterocycles. The summed E-state index contributed by atoms with van der Waals surface area (Å²) < 4.78 is 27.6. The molecule has 0 radical (unpaired) electrons. The quantitative estimate of drug-likeness (QED) is 0.774. The molecule has 1 heterocycles. The van der Waals surface area contributed by atoms with Crippen molar-refractivity contribution < 1.29 is 13.2 Å². The monoisotopic (exact) mass is 356 g/mol. The van der Waals surface area contributed by atoms with Gasteiger partial charge in [-0.2, -0.15) is 0 Å². The molecule has 0 saturated carbocycles. The largest absolute Gasteiger partial charge is 0.312 e. The van der Waals surface area contributed by atoms with Crippen LogP contribution in [-0.2, 0) is 21.2 Å². The highest BCUT2D eigenvalue weighted by Gasteiger charge is 2.28. The van der Waals surface area contributed by atoms with Gasteiger partial charge >= 0.3 is 0 Å². The van der Waals surface area contributed by atoms with Crippen LogP contribution >= 0.6 is 0 Å². The van der Waals surface area contributed by atoms with Gasteiger partial charge in [-0.3, -0.25) is 9.10 Å². The minimum Gasteiger partial charge on any atom is -0.312 e. The molecule has 0 saturated heterocycles. The number of anilines is 2. The van der Waals surface area contributed by atoms with Crippen LogP contribution in [0, 0.1) is 0 Å². The van der Waals surface area contributed by atoms with E-state index >= 15 is 0 Å². The molecule has 2 aromatic rings. The number of para-hydroxylation sites is 1. The van der Waals surface area contributed by atoms with Crippen molar-refractivity contribution in [3.05, 3.63) is 66.7 Å².